The molecule has 8 heterocycles. The van der Waals surface area contributed by atoms with Gasteiger partial charge in [-0.1, -0.05) is 85.5 Å². The Labute approximate surface area is 463 Å². The number of anilines is 4. The first kappa shape index (κ1) is 51.9. The van der Waals surface area contributed by atoms with Crippen molar-refractivity contribution in [3.05, 3.63) is 156 Å². The van der Waals surface area contributed by atoms with Gasteiger partial charge in [-0.2, -0.15) is 0 Å². The zero-order valence-corrected chi connectivity index (χ0v) is 46.0. The van der Waals surface area contributed by atoms with Crippen molar-refractivity contribution in [2.75, 3.05) is 139 Å². The van der Waals surface area contributed by atoms with E-state index in [2.05, 4.69) is 142 Å². The number of hydrogen-bond acceptors (Lipinski definition) is 12. The average Bonchev–Trinajstić information content (AvgIpc) is 4.09. The maximum atomic E-state index is 14.6. The van der Waals surface area contributed by atoms with Gasteiger partial charge >= 0.3 is 0 Å². The van der Waals surface area contributed by atoms with E-state index >= 15 is 0 Å². The molecule has 0 bridgehead atoms. The predicted molar refractivity (Wildman–Crippen MR) is 313 cm³/mol. The van der Waals surface area contributed by atoms with Crippen molar-refractivity contribution in [1.82, 2.24) is 39.4 Å². The molecule has 6 aliphatic rings. The zero-order chi connectivity index (χ0) is 54.3. The molecular weight excluding hydrogens is 989 g/mol. The number of pyridine rings is 2. The van der Waals surface area contributed by atoms with E-state index in [0.717, 1.165) is 55.1 Å². The maximum absolute atomic E-state index is 14.6. The van der Waals surface area contributed by atoms with Crippen LogP contribution in [0.2, 0.25) is 0 Å². The number of piperazine rings is 2. The Hall–Kier alpha value is -7.82. The molecule has 4 amide bonds. The lowest BCUT2D eigenvalue weighted by Gasteiger charge is -2.43. The number of amides is 4. The number of likely N-dealkylation sites (N-methyl/N-ethyl adjacent to an activating group) is 2. The number of nitrogens with zero attached hydrogens (tertiary/aromatic N) is 12. The molecule has 2 aromatic heterocycles. The summed E-state index contributed by atoms with van der Waals surface area (Å²) in [4.78, 5) is 86.7. The van der Waals surface area contributed by atoms with Gasteiger partial charge in [0.05, 0.1) is 24.5 Å². The van der Waals surface area contributed by atoms with E-state index < -0.39 is 0 Å². The summed E-state index contributed by atoms with van der Waals surface area (Å²) in [5, 5.41) is 4.80. The topological polar surface area (TPSA) is 126 Å². The third-order valence-electron chi connectivity index (χ3n) is 17.6. The second-order valence-electron chi connectivity index (χ2n) is 22.4. The highest BCUT2D eigenvalue weighted by molar-refractivity contribution is 5.97. The van der Waals surface area contributed by atoms with Crippen LogP contribution < -0.4 is 19.6 Å². The van der Waals surface area contributed by atoms with Gasteiger partial charge in [0.2, 0.25) is 11.8 Å². The van der Waals surface area contributed by atoms with Gasteiger partial charge in [-0.05, 0) is 81.5 Å². The minimum atomic E-state index is -0.0696. The third kappa shape index (κ3) is 10.4. The SMILES string of the molecule is C=CC(=O)N1CCN(c2cc(C(=O)N3CCC(N(C)C/C=C/C(=O)N4CCN(c5cc(C(=O)N6CC(N(C)C)C6)nc6c5CCN(c5cccc7ccccc57)C6)CC4)C3)nc3c2CCN(c2cccc4ccccc24)C3)CC1. The summed E-state index contributed by atoms with van der Waals surface area (Å²) in [5.41, 5.74) is 9.65. The van der Waals surface area contributed by atoms with E-state index in [0.29, 0.717) is 116 Å². The van der Waals surface area contributed by atoms with Crippen molar-refractivity contribution in [2.45, 2.75) is 44.4 Å². The smallest absolute Gasteiger partial charge is 0.272 e. The van der Waals surface area contributed by atoms with E-state index in [-0.39, 0.29) is 29.7 Å². The van der Waals surface area contributed by atoms with Crippen LogP contribution in [0.3, 0.4) is 0 Å². The molecule has 1 unspecified atom stereocenters. The van der Waals surface area contributed by atoms with Gasteiger partial charge < -0.3 is 44.1 Å². The van der Waals surface area contributed by atoms with Crippen molar-refractivity contribution < 1.29 is 19.2 Å². The molecule has 79 heavy (non-hydrogen) atoms. The van der Waals surface area contributed by atoms with E-state index in [1.807, 2.05) is 37.8 Å². The highest BCUT2D eigenvalue weighted by atomic mass is 16.2. The summed E-state index contributed by atoms with van der Waals surface area (Å²) in [7, 11) is 6.19. The minimum Gasteiger partial charge on any atom is -0.368 e. The Balaban J connectivity index is 0.690. The molecule has 0 spiro atoms. The molecule has 6 aromatic rings. The van der Waals surface area contributed by atoms with Gasteiger partial charge in [-0.25, -0.2) is 9.97 Å². The first-order valence-corrected chi connectivity index (χ1v) is 28.3. The van der Waals surface area contributed by atoms with Crippen LogP contribution in [-0.4, -0.2) is 194 Å². The molecule has 16 nitrogen and oxygen atoms in total. The maximum Gasteiger partial charge on any atom is 0.272 e. The molecule has 4 saturated heterocycles. The number of carbonyl (C=O) groups excluding carboxylic acids is 4. The van der Waals surface area contributed by atoms with Crippen LogP contribution in [0, 0.1) is 0 Å². The molecule has 408 valence electrons. The fourth-order valence-electron chi connectivity index (χ4n) is 12.8. The fourth-order valence-corrected chi connectivity index (χ4v) is 12.8. The molecule has 4 fully saturated rings. The Morgan fingerprint density at radius 3 is 1.53 bits per heavy atom. The van der Waals surface area contributed by atoms with Crippen molar-refractivity contribution in [3.63, 3.8) is 0 Å². The third-order valence-corrected chi connectivity index (χ3v) is 17.6. The highest BCUT2D eigenvalue weighted by Gasteiger charge is 2.37. The largest absolute Gasteiger partial charge is 0.368 e. The highest BCUT2D eigenvalue weighted by Crippen LogP contribution is 2.37. The van der Waals surface area contributed by atoms with Gasteiger partial charge in [0.1, 0.15) is 11.4 Å². The van der Waals surface area contributed by atoms with Gasteiger partial charge in [0.25, 0.3) is 11.8 Å². The van der Waals surface area contributed by atoms with Crippen LogP contribution in [0.4, 0.5) is 22.7 Å². The standard InChI is InChI=1S/C63H72N12O4/c1-5-60(76)70-33-29-68(30-34-70)58-37-52(64-54-42-72(27-23-50(54)58)56-19-10-15-44-13-6-8-17-48(44)56)62(78)74-26-22-46(39-74)67(4)25-12-21-61(77)71-35-31-69(32-36-71)59-38-53(63(79)75-40-47(41-75)66(2)3)65-55-43-73(28-24-51(55)59)57-20-11-16-45-14-7-9-18-49(45)57/h5-21,37-38,46-47H,1,22-36,39-43H2,2-4H3/b21-12+. The van der Waals surface area contributed by atoms with Crippen molar-refractivity contribution in [1.29, 1.82) is 0 Å². The summed E-state index contributed by atoms with van der Waals surface area (Å²) in [6.45, 7) is 14.7. The molecule has 0 aliphatic carbocycles. The average molecular weight is 1060 g/mol. The molecule has 4 aromatic carbocycles. The molecule has 1 atom stereocenters. The van der Waals surface area contributed by atoms with Gasteiger partial charge in [0.15, 0.2) is 0 Å². The summed E-state index contributed by atoms with van der Waals surface area (Å²) in [6, 6.07) is 34.3. The molecule has 0 saturated carbocycles. The monoisotopic (exact) mass is 1060 g/mol. The summed E-state index contributed by atoms with van der Waals surface area (Å²) < 4.78 is 0. The van der Waals surface area contributed by atoms with E-state index in [1.54, 1.807) is 6.08 Å². The molecule has 16 heteroatoms. The lowest BCUT2D eigenvalue weighted by atomic mass is 9.98. The lowest BCUT2D eigenvalue weighted by Crippen LogP contribution is -2.59. The van der Waals surface area contributed by atoms with Gasteiger partial charge in [-0.15, -0.1) is 0 Å². The van der Waals surface area contributed by atoms with Crippen molar-refractivity contribution in [3.8, 4) is 0 Å². The number of fused-ring (bicyclic) bond motifs is 4. The summed E-state index contributed by atoms with van der Waals surface area (Å²) >= 11 is 0. The number of carbonyl (C=O) groups is 4. The number of benzene rings is 4. The van der Waals surface area contributed by atoms with Crippen LogP contribution in [0.25, 0.3) is 21.5 Å². The molecule has 6 aliphatic heterocycles. The van der Waals surface area contributed by atoms with E-state index in [4.69, 9.17) is 9.97 Å². The Morgan fingerprint density at radius 1 is 0.532 bits per heavy atom. The Bertz CT molecular complexity index is 3350. The first-order valence-electron chi connectivity index (χ1n) is 28.3. The zero-order valence-electron chi connectivity index (χ0n) is 46.0. The van der Waals surface area contributed by atoms with Crippen LogP contribution in [0.1, 0.15) is 49.9 Å². The van der Waals surface area contributed by atoms with Crippen LogP contribution >= 0.6 is 0 Å². The van der Waals surface area contributed by atoms with Crippen molar-refractivity contribution in [2.24, 2.45) is 0 Å². The Kier molecular flexibility index (Phi) is 14.5. The number of likely N-dealkylation sites (tertiary alicyclic amines) is 2. The molecule has 0 N–H and O–H groups in total. The van der Waals surface area contributed by atoms with E-state index in [1.165, 1.54) is 50.1 Å². The summed E-state index contributed by atoms with van der Waals surface area (Å²) in [6.07, 6.45) is 7.47. The number of aromatic nitrogens is 2. The predicted octanol–water partition coefficient (Wildman–Crippen LogP) is 6.18. The van der Waals surface area contributed by atoms with Crippen LogP contribution in [-0.2, 0) is 35.5 Å². The van der Waals surface area contributed by atoms with Gasteiger partial charge in [0, 0.05) is 161 Å². The quantitative estimate of drug-likeness (QED) is 0.130. The van der Waals surface area contributed by atoms with Crippen molar-refractivity contribution >= 4 is 67.9 Å². The second kappa shape index (κ2) is 22.1. The van der Waals surface area contributed by atoms with Crippen LogP contribution in [0.5, 0.6) is 0 Å². The lowest BCUT2D eigenvalue weighted by molar-refractivity contribution is -0.127. The second-order valence-corrected chi connectivity index (χ2v) is 22.4. The van der Waals surface area contributed by atoms with Gasteiger partial charge in [-0.3, -0.25) is 24.1 Å². The minimum absolute atomic E-state index is 0.00937. The summed E-state index contributed by atoms with van der Waals surface area (Å²) in [5.74, 6) is -0.161. The van der Waals surface area contributed by atoms with Crippen LogP contribution in [0.15, 0.2) is 122 Å². The molecular formula is C63H72N12O4. The number of hydrogen-bond donors (Lipinski definition) is 0. The number of rotatable bonds is 12. The fraction of sp³-hybridized carbons (Fsp3) is 0.397. The molecule has 12 rings (SSSR count). The Morgan fingerprint density at radius 2 is 1.01 bits per heavy atom. The molecule has 0 radical (unpaired) electrons. The normalized spacial score (nSPS) is 19.0. The van der Waals surface area contributed by atoms with E-state index in [9.17, 15) is 19.2 Å². The first-order chi connectivity index (χ1) is 38.5.